The molecule has 25 heavy (non-hydrogen) atoms. The Hall–Kier alpha value is -1.39. The Morgan fingerprint density at radius 1 is 1.04 bits per heavy atom. The van der Waals surface area contributed by atoms with Crippen LogP contribution in [0.3, 0.4) is 0 Å². The average Bonchev–Trinajstić information content (AvgIpc) is 2.51. The van der Waals surface area contributed by atoms with Crippen molar-refractivity contribution in [2.75, 3.05) is 32.8 Å². The van der Waals surface area contributed by atoms with Crippen LogP contribution in [0.4, 0.5) is 30.7 Å². The number of nitrogens with one attached hydrogen (secondary N) is 1. The summed E-state index contributed by atoms with van der Waals surface area (Å²) < 4.78 is 92.7. The number of aliphatic hydroxyl groups excluding tert-OH is 1. The summed E-state index contributed by atoms with van der Waals surface area (Å²) >= 11 is 0. The van der Waals surface area contributed by atoms with Crippen molar-refractivity contribution < 1.29 is 35.8 Å². The van der Waals surface area contributed by atoms with Gasteiger partial charge in [0.2, 0.25) is 0 Å². The lowest BCUT2D eigenvalue weighted by molar-refractivity contribution is -0.144. The molecule has 0 amide bonds. The van der Waals surface area contributed by atoms with E-state index in [2.05, 4.69) is 5.32 Å². The van der Waals surface area contributed by atoms with E-state index in [1.54, 1.807) is 0 Å². The van der Waals surface area contributed by atoms with Gasteiger partial charge in [0.15, 0.2) is 0 Å². The van der Waals surface area contributed by atoms with Crippen molar-refractivity contribution in [1.29, 1.82) is 0 Å². The number of aliphatic hydroxyl groups is 1. The van der Waals surface area contributed by atoms with Crippen LogP contribution in [0.5, 0.6) is 0 Å². The first-order valence-corrected chi connectivity index (χ1v) is 7.59. The SMILES string of the molecule is OCC[C@@H](c1c(F)cc(C(F)(F)F)cc1C(F)(F)F)N1CCNCC1. The molecule has 1 aliphatic rings. The molecule has 0 bridgehead atoms. The third-order valence-corrected chi connectivity index (χ3v) is 4.09. The molecule has 142 valence electrons. The van der Waals surface area contributed by atoms with Crippen molar-refractivity contribution in [2.45, 2.75) is 24.8 Å². The van der Waals surface area contributed by atoms with Crippen LogP contribution in [-0.2, 0) is 12.4 Å². The van der Waals surface area contributed by atoms with E-state index in [1.807, 2.05) is 0 Å². The van der Waals surface area contributed by atoms with Crippen LogP contribution >= 0.6 is 0 Å². The number of halogens is 7. The Morgan fingerprint density at radius 3 is 2.12 bits per heavy atom. The Balaban J connectivity index is 2.59. The first-order valence-electron chi connectivity index (χ1n) is 7.59. The van der Waals surface area contributed by atoms with Crippen molar-refractivity contribution in [3.05, 3.63) is 34.6 Å². The van der Waals surface area contributed by atoms with Crippen molar-refractivity contribution in [3.63, 3.8) is 0 Å². The Morgan fingerprint density at radius 2 is 1.64 bits per heavy atom. The predicted molar refractivity (Wildman–Crippen MR) is 75.3 cm³/mol. The molecular formula is C15H17F7N2O. The van der Waals surface area contributed by atoms with Crippen LogP contribution < -0.4 is 5.32 Å². The van der Waals surface area contributed by atoms with Crippen LogP contribution in [0.25, 0.3) is 0 Å². The lowest BCUT2D eigenvalue weighted by Gasteiger charge is -2.36. The summed E-state index contributed by atoms with van der Waals surface area (Å²) in [6.07, 6.45) is -10.5. The maximum absolute atomic E-state index is 14.4. The zero-order chi connectivity index (χ0) is 18.8. The monoisotopic (exact) mass is 374 g/mol. The molecule has 0 spiro atoms. The van der Waals surface area contributed by atoms with E-state index in [4.69, 9.17) is 0 Å². The maximum atomic E-state index is 14.4. The molecule has 1 fully saturated rings. The molecule has 1 aromatic rings. The van der Waals surface area contributed by atoms with Gasteiger partial charge < -0.3 is 10.4 Å². The van der Waals surface area contributed by atoms with E-state index in [9.17, 15) is 35.8 Å². The minimum absolute atomic E-state index is 0.0645. The van der Waals surface area contributed by atoms with Gasteiger partial charge in [-0.05, 0) is 18.6 Å². The summed E-state index contributed by atoms with van der Waals surface area (Å²) in [6.45, 7) is 0.967. The normalized spacial score (nSPS) is 18.4. The number of piperazine rings is 1. The summed E-state index contributed by atoms with van der Waals surface area (Å²) in [5.74, 6) is -1.57. The number of alkyl halides is 6. The molecule has 1 aromatic carbocycles. The van der Waals surface area contributed by atoms with Crippen molar-refractivity contribution in [2.24, 2.45) is 0 Å². The second-order valence-corrected chi connectivity index (χ2v) is 5.73. The number of nitrogens with zero attached hydrogens (tertiary/aromatic N) is 1. The first-order chi connectivity index (χ1) is 11.6. The van der Waals surface area contributed by atoms with Crippen LogP contribution in [0, 0.1) is 5.82 Å². The standard InChI is InChI=1S/C15H17F7N2O/c16-11-8-9(14(17,18)19)7-10(15(20,21)22)13(11)12(1-6-25)24-4-2-23-3-5-24/h7-8,12,23,25H,1-6H2/t12-/m0/s1. The Bertz CT molecular complexity index is 595. The maximum Gasteiger partial charge on any atom is 0.416 e. The summed E-state index contributed by atoms with van der Waals surface area (Å²) in [5, 5.41) is 12.2. The summed E-state index contributed by atoms with van der Waals surface area (Å²) in [4.78, 5) is 1.54. The molecule has 1 aliphatic heterocycles. The molecule has 0 radical (unpaired) electrons. The second kappa shape index (κ2) is 7.46. The van der Waals surface area contributed by atoms with E-state index < -0.39 is 47.5 Å². The highest BCUT2D eigenvalue weighted by Crippen LogP contribution is 2.42. The van der Waals surface area contributed by atoms with Gasteiger partial charge in [0.25, 0.3) is 0 Å². The molecule has 2 rings (SSSR count). The number of benzene rings is 1. The minimum Gasteiger partial charge on any atom is -0.396 e. The first kappa shape index (κ1) is 19.9. The summed E-state index contributed by atoms with van der Waals surface area (Å²) in [5.41, 5.74) is -4.20. The van der Waals surface area contributed by atoms with Crippen LogP contribution in [-0.4, -0.2) is 42.8 Å². The smallest absolute Gasteiger partial charge is 0.396 e. The third-order valence-electron chi connectivity index (χ3n) is 4.09. The van der Waals surface area contributed by atoms with Gasteiger partial charge in [-0.1, -0.05) is 0 Å². The average molecular weight is 374 g/mol. The molecule has 1 atom stereocenters. The zero-order valence-electron chi connectivity index (χ0n) is 13.0. The predicted octanol–water partition coefficient (Wildman–Crippen LogP) is 3.19. The van der Waals surface area contributed by atoms with E-state index in [-0.39, 0.29) is 18.6 Å². The van der Waals surface area contributed by atoms with Crippen LogP contribution in [0.2, 0.25) is 0 Å². The fourth-order valence-electron chi connectivity index (χ4n) is 2.98. The van der Waals surface area contributed by atoms with E-state index >= 15 is 0 Å². The van der Waals surface area contributed by atoms with Crippen LogP contribution in [0.15, 0.2) is 12.1 Å². The zero-order valence-corrected chi connectivity index (χ0v) is 13.0. The number of hydrogen-bond donors (Lipinski definition) is 2. The van der Waals surface area contributed by atoms with Gasteiger partial charge in [0, 0.05) is 44.4 Å². The van der Waals surface area contributed by atoms with Gasteiger partial charge >= 0.3 is 12.4 Å². The minimum atomic E-state index is -5.15. The van der Waals surface area contributed by atoms with Crippen molar-refractivity contribution in [3.8, 4) is 0 Å². The molecular weight excluding hydrogens is 357 g/mol. The largest absolute Gasteiger partial charge is 0.416 e. The summed E-state index contributed by atoms with van der Waals surface area (Å²) in [7, 11) is 0. The molecule has 0 unspecified atom stereocenters. The van der Waals surface area contributed by atoms with Gasteiger partial charge in [0.1, 0.15) is 5.82 Å². The van der Waals surface area contributed by atoms with Gasteiger partial charge in [0.05, 0.1) is 11.1 Å². The van der Waals surface area contributed by atoms with Gasteiger partial charge in [-0.25, -0.2) is 4.39 Å². The topological polar surface area (TPSA) is 35.5 Å². The van der Waals surface area contributed by atoms with Crippen molar-refractivity contribution in [1.82, 2.24) is 10.2 Å². The molecule has 1 heterocycles. The number of hydrogen-bond acceptors (Lipinski definition) is 3. The molecule has 1 saturated heterocycles. The molecule has 0 saturated carbocycles. The van der Waals surface area contributed by atoms with Gasteiger partial charge in [-0.15, -0.1) is 0 Å². The lowest BCUT2D eigenvalue weighted by Crippen LogP contribution is -2.46. The number of rotatable bonds is 4. The van der Waals surface area contributed by atoms with E-state index in [1.165, 1.54) is 4.90 Å². The molecule has 2 N–H and O–H groups in total. The molecule has 0 aromatic heterocycles. The Labute approximate surface area is 139 Å². The Kier molecular flexibility index (Phi) is 5.95. The van der Waals surface area contributed by atoms with Gasteiger partial charge in [-0.3, -0.25) is 4.90 Å². The fourth-order valence-corrected chi connectivity index (χ4v) is 2.98. The third kappa shape index (κ3) is 4.62. The molecule has 0 aliphatic carbocycles. The van der Waals surface area contributed by atoms with E-state index in [0.29, 0.717) is 26.2 Å². The van der Waals surface area contributed by atoms with Crippen molar-refractivity contribution >= 4 is 0 Å². The molecule has 3 nitrogen and oxygen atoms in total. The molecule has 10 heteroatoms. The quantitative estimate of drug-likeness (QED) is 0.795. The highest BCUT2D eigenvalue weighted by molar-refractivity contribution is 5.39. The van der Waals surface area contributed by atoms with Crippen LogP contribution in [0.1, 0.15) is 29.2 Å². The van der Waals surface area contributed by atoms with E-state index in [0.717, 1.165) is 0 Å². The summed E-state index contributed by atoms with van der Waals surface area (Å²) in [6, 6.07) is -1.15. The van der Waals surface area contributed by atoms with Gasteiger partial charge in [-0.2, -0.15) is 26.3 Å². The highest BCUT2D eigenvalue weighted by Gasteiger charge is 2.42. The second-order valence-electron chi connectivity index (χ2n) is 5.73. The lowest BCUT2D eigenvalue weighted by atomic mass is 9.93. The highest BCUT2D eigenvalue weighted by atomic mass is 19.4. The fraction of sp³-hybridized carbons (Fsp3) is 0.600.